The van der Waals surface area contributed by atoms with Gasteiger partial charge in [-0.25, -0.2) is 4.57 Å². The monoisotopic (exact) mass is 152 g/mol. The SMILES string of the molecule is COP(=O)(O)O.[H-].[K+]. The first-order valence-electron chi connectivity index (χ1n) is 1.17. The van der Waals surface area contributed by atoms with Gasteiger partial charge >= 0.3 is 59.2 Å². The molecule has 0 aromatic rings. The van der Waals surface area contributed by atoms with Crippen molar-refractivity contribution in [1.82, 2.24) is 0 Å². The molecule has 0 aliphatic carbocycles. The van der Waals surface area contributed by atoms with E-state index in [0.29, 0.717) is 0 Å². The summed E-state index contributed by atoms with van der Waals surface area (Å²) in [6, 6.07) is 0. The van der Waals surface area contributed by atoms with Gasteiger partial charge in [0.05, 0.1) is 0 Å². The van der Waals surface area contributed by atoms with Crippen LogP contribution in [0, 0.1) is 0 Å². The van der Waals surface area contributed by atoms with E-state index in [-0.39, 0.29) is 52.8 Å². The van der Waals surface area contributed by atoms with Crippen molar-refractivity contribution in [2.75, 3.05) is 7.11 Å². The minimum absolute atomic E-state index is 0. The predicted octanol–water partition coefficient (Wildman–Crippen LogP) is -3.16. The molecule has 0 aromatic carbocycles. The van der Waals surface area contributed by atoms with Gasteiger partial charge in [-0.3, -0.25) is 4.52 Å². The molecule has 0 heterocycles. The van der Waals surface area contributed by atoms with Crippen molar-refractivity contribution in [3.05, 3.63) is 0 Å². The summed E-state index contributed by atoms with van der Waals surface area (Å²) >= 11 is 0. The first-order chi connectivity index (χ1) is 2.56. The standard InChI is InChI=1S/CH5O4P.K.H/c1-5-6(2,3)4;;/h1H3,(H2,2,3,4);;/q;+1;-1. The molecule has 0 amide bonds. The van der Waals surface area contributed by atoms with E-state index in [1.165, 1.54) is 0 Å². The maximum Gasteiger partial charge on any atom is 1.00 e. The topological polar surface area (TPSA) is 66.8 Å². The van der Waals surface area contributed by atoms with Gasteiger partial charge in [0.2, 0.25) is 0 Å². The van der Waals surface area contributed by atoms with E-state index in [9.17, 15) is 4.57 Å². The summed E-state index contributed by atoms with van der Waals surface area (Å²) < 4.78 is 13.1. The molecule has 0 aromatic heterocycles. The van der Waals surface area contributed by atoms with Crippen molar-refractivity contribution in [2.24, 2.45) is 0 Å². The predicted molar refractivity (Wildman–Crippen MR) is 20.2 cm³/mol. The largest absolute Gasteiger partial charge is 1.00 e. The smallest absolute Gasteiger partial charge is 1.00 e. The third kappa shape index (κ3) is 11.4. The fraction of sp³-hybridized carbons (Fsp3) is 1.00. The second-order valence-corrected chi connectivity index (χ2v) is 2.02. The molecule has 0 aliphatic rings. The van der Waals surface area contributed by atoms with Gasteiger partial charge in [-0.2, -0.15) is 0 Å². The Morgan fingerprint density at radius 2 is 1.86 bits per heavy atom. The number of hydrogen-bond acceptors (Lipinski definition) is 2. The minimum Gasteiger partial charge on any atom is -1.00 e. The van der Waals surface area contributed by atoms with Gasteiger partial charge in [0.1, 0.15) is 0 Å². The van der Waals surface area contributed by atoms with Gasteiger partial charge in [-0.05, 0) is 0 Å². The van der Waals surface area contributed by atoms with E-state index in [2.05, 4.69) is 4.52 Å². The van der Waals surface area contributed by atoms with Crippen LogP contribution in [0.25, 0.3) is 0 Å². The molecule has 0 spiro atoms. The van der Waals surface area contributed by atoms with Gasteiger partial charge < -0.3 is 11.2 Å². The molecule has 2 N–H and O–H groups in total. The average Bonchev–Trinajstić information content (AvgIpc) is 1.35. The number of phosphoric ester groups is 1. The van der Waals surface area contributed by atoms with Gasteiger partial charge in [0, 0.05) is 7.11 Å². The van der Waals surface area contributed by atoms with Crippen LogP contribution in [0.15, 0.2) is 0 Å². The summed E-state index contributed by atoms with van der Waals surface area (Å²) in [6.45, 7) is 0. The van der Waals surface area contributed by atoms with Gasteiger partial charge in [0.25, 0.3) is 0 Å². The van der Waals surface area contributed by atoms with Crippen LogP contribution in [0.1, 0.15) is 1.43 Å². The van der Waals surface area contributed by atoms with E-state index < -0.39 is 7.82 Å². The van der Waals surface area contributed by atoms with Crippen LogP contribution >= 0.6 is 7.82 Å². The van der Waals surface area contributed by atoms with Crippen LogP contribution in [0.3, 0.4) is 0 Å². The van der Waals surface area contributed by atoms with Crippen molar-refractivity contribution in [2.45, 2.75) is 0 Å². The van der Waals surface area contributed by atoms with E-state index >= 15 is 0 Å². The van der Waals surface area contributed by atoms with E-state index in [0.717, 1.165) is 7.11 Å². The molecule has 7 heavy (non-hydrogen) atoms. The van der Waals surface area contributed by atoms with Crippen molar-refractivity contribution in [3.63, 3.8) is 0 Å². The molecule has 0 aliphatic heterocycles. The Hall–Kier alpha value is 1.75. The summed E-state index contributed by atoms with van der Waals surface area (Å²) in [4.78, 5) is 15.4. The molecule has 0 rings (SSSR count). The number of rotatable bonds is 1. The second kappa shape index (κ2) is 4.61. The summed E-state index contributed by atoms with van der Waals surface area (Å²) in [6.07, 6.45) is 0. The van der Waals surface area contributed by atoms with Crippen LogP contribution in [0.4, 0.5) is 0 Å². The van der Waals surface area contributed by atoms with E-state index in [1.54, 1.807) is 0 Å². The molecule has 0 saturated heterocycles. The molecule has 4 nitrogen and oxygen atoms in total. The molecule has 0 saturated carbocycles. The fourth-order valence-corrected chi connectivity index (χ4v) is 0. The van der Waals surface area contributed by atoms with Crippen LogP contribution < -0.4 is 51.4 Å². The molecule has 40 valence electrons. The van der Waals surface area contributed by atoms with Crippen molar-refractivity contribution >= 4 is 7.82 Å². The first-order valence-corrected chi connectivity index (χ1v) is 2.70. The second-order valence-electron chi connectivity index (χ2n) is 0.673. The Balaban J connectivity index is -0.000000125. The van der Waals surface area contributed by atoms with Crippen molar-refractivity contribution in [3.8, 4) is 0 Å². The van der Waals surface area contributed by atoms with Crippen LogP contribution in [-0.2, 0) is 9.09 Å². The molecular weight excluding hydrogens is 146 g/mol. The summed E-state index contributed by atoms with van der Waals surface area (Å²) in [5, 5.41) is 0. The summed E-state index contributed by atoms with van der Waals surface area (Å²) in [5.41, 5.74) is 0. The Kier molecular flexibility index (Phi) is 7.59. The van der Waals surface area contributed by atoms with Gasteiger partial charge in [-0.1, -0.05) is 0 Å². The quantitative estimate of drug-likeness (QED) is 0.307. The Bertz CT molecular complexity index is 80.1. The van der Waals surface area contributed by atoms with Crippen LogP contribution in [-0.4, -0.2) is 16.9 Å². The minimum atomic E-state index is -4.15. The zero-order valence-corrected chi connectivity index (χ0v) is 8.18. The van der Waals surface area contributed by atoms with Crippen LogP contribution in [0.5, 0.6) is 0 Å². The van der Waals surface area contributed by atoms with Crippen molar-refractivity contribution < 1.29 is 71.7 Å². The molecule has 0 bridgehead atoms. The van der Waals surface area contributed by atoms with Gasteiger partial charge in [-0.15, -0.1) is 0 Å². The molecule has 0 radical (unpaired) electrons. The van der Waals surface area contributed by atoms with Crippen molar-refractivity contribution in [1.29, 1.82) is 0 Å². The maximum atomic E-state index is 9.47. The third-order valence-corrected chi connectivity index (χ3v) is 0.714. The molecule has 0 fully saturated rings. The number of phosphoric acid groups is 1. The fourth-order valence-electron chi connectivity index (χ4n) is 0. The summed E-state index contributed by atoms with van der Waals surface area (Å²) in [5.74, 6) is 0. The summed E-state index contributed by atoms with van der Waals surface area (Å²) in [7, 11) is -3.20. The van der Waals surface area contributed by atoms with E-state index in [1.807, 2.05) is 0 Å². The molecule has 0 unspecified atom stereocenters. The molecular formula is CH6KO4P. The van der Waals surface area contributed by atoms with E-state index in [4.69, 9.17) is 9.79 Å². The Morgan fingerprint density at radius 3 is 1.86 bits per heavy atom. The van der Waals surface area contributed by atoms with Gasteiger partial charge in [0.15, 0.2) is 0 Å². The Labute approximate surface area is 85.4 Å². The average molecular weight is 152 g/mol. The first kappa shape index (κ1) is 11.5. The zero-order chi connectivity index (χ0) is 5.21. The third-order valence-electron chi connectivity index (χ3n) is 0.238. The normalized spacial score (nSPS) is 10.1. The number of hydrogen-bond donors (Lipinski definition) is 2. The zero-order valence-electron chi connectivity index (χ0n) is 5.16. The molecule has 6 heteroatoms. The molecule has 0 atom stereocenters. The van der Waals surface area contributed by atoms with Crippen LogP contribution in [0.2, 0.25) is 0 Å². The maximum absolute atomic E-state index is 9.47. The Morgan fingerprint density at radius 1 is 1.71 bits per heavy atom.